The molecule has 2 saturated heterocycles. The van der Waals surface area contributed by atoms with Gasteiger partial charge in [-0.2, -0.15) is 0 Å². The van der Waals surface area contributed by atoms with Crippen LogP contribution < -0.4 is 5.32 Å². The van der Waals surface area contributed by atoms with Crippen molar-refractivity contribution in [1.82, 2.24) is 15.1 Å². The van der Waals surface area contributed by atoms with Crippen LogP contribution in [0.2, 0.25) is 0 Å². The zero-order chi connectivity index (χ0) is 30.8. The summed E-state index contributed by atoms with van der Waals surface area (Å²) in [5, 5.41) is 12.3. The van der Waals surface area contributed by atoms with Gasteiger partial charge in [-0.05, 0) is 52.0 Å². The lowest BCUT2D eigenvalue weighted by atomic mass is 9.74. The standard InChI is InChI=1S/C33H43N3O7/c1-32(2,3)36-19-11-5-9-15-25(38)42-21-23(22-13-7-4-8-14-22)34-29(39)26-24-16-17-33(43-24)27(26)30(40)35(28(33)31(36)41)18-10-6-12-20-37/h4-5,7-8,11,13-14,16-17,23-24,26-28,37H,6,9-10,12,15,18-21H2,1-3H3,(H,34,39)/b11-5-/t23-,24-,26+,27+,28-,33+/m1/s1. The van der Waals surface area contributed by atoms with E-state index in [1.807, 2.05) is 69.3 Å². The number of unbranched alkanes of at least 4 members (excludes halogenated alkanes) is 2. The number of rotatable bonds is 6. The Morgan fingerprint density at radius 2 is 1.79 bits per heavy atom. The average molecular weight is 594 g/mol. The van der Waals surface area contributed by atoms with E-state index in [4.69, 9.17) is 9.47 Å². The molecule has 4 aliphatic heterocycles. The number of allylic oxidation sites excluding steroid dienone is 1. The highest BCUT2D eigenvalue weighted by atomic mass is 16.5. The van der Waals surface area contributed by atoms with Gasteiger partial charge in [-0.1, -0.05) is 54.6 Å². The first-order valence-corrected chi connectivity index (χ1v) is 15.3. The van der Waals surface area contributed by atoms with Gasteiger partial charge in [0.05, 0.1) is 24.0 Å². The molecule has 232 valence electrons. The second-order valence-electron chi connectivity index (χ2n) is 12.8. The van der Waals surface area contributed by atoms with Gasteiger partial charge in [0.15, 0.2) is 0 Å². The molecule has 4 aliphatic rings. The fraction of sp³-hybridized carbons (Fsp3) is 0.576. The Morgan fingerprint density at radius 1 is 1.02 bits per heavy atom. The van der Waals surface area contributed by atoms with Gasteiger partial charge >= 0.3 is 5.97 Å². The summed E-state index contributed by atoms with van der Waals surface area (Å²) in [7, 11) is 0. The van der Waals surface area contributed by atoms with Crippen LogP contribution in [0.3, 0.4) is 0 Å². The Labute approximate surface area is 253 Å². The number of ether oxygens (including phenoxy) is 2. The van der Waals surface area contributed by atoms with E-state index in [1.165, 1.54) is 0 Å². The van der Waals surface area contributed by atoms with Crippen molar-refractivity contribution in [2.75, 3.05) is 26.3 Å². The third-order valence-electron chi connectivity index (χ3n) is 8.94. The molecule has 5 bridgehead atoms. The van der Waals surface area contributed by atoms with Gasteiger partial charge in [0.25, 0.3) is 0 Å². The van der Waals surface area contributed by atoms with Crippen molar-refractivity contribution >= 4 is 23.7 Å². The van der Waals surface area contributed by atoms with Crippen molar-refractivity contribution in [3.8, 4) is 0 Å². The molecule has 0 radical (unpaired) electrons. The van der Waals surface area contributed by atoms with E-state index >= 15 is 0 Å². The normalized spacial score (nSPS) is 32.1. The van der Waals surface area contributed by atoms with Crippen molar-refractivity contribution < 1.29 is 33.8 Å². The maximum atomic E-state index is 14.6. The molecule has 3 amide bonds. The van der Waals surface area contributed by atoms with E-state index in [0.717, 1.165) is 5.56 Å². The Balaban J connectivity index is 1.55. The largest absolute Gasteiger partial charge is 0.463 e. The van der Waals surface area contributed by atoms with Crippen LogP contribution in [0.5, 0.6) is 0 Å². The maximum absolute atomic E-state index is 14.6. The number of fused-ring (bicyclic) bond motifs is 2. The number of nitrogens with zero attached hydrogens (tertiary/aromatic N) is 2. The molecule has 0 aliphatic carbocycles. The van der Waals surface area contributed by atoms with Crippen LogP contribution >= 0.6 is 0 Å². The number of aliphatic hydroxyl groups is 1. The lowest BCUT2D eigenvalue weighted by Crippen LogP contribution is -2.59. The van der Waals surface area contributed by atoms with E-state index in [0.29, 0.717) is 32.2 Å². The van der Waals surface area contributed by atoms with Crippen LogP contribution in [0.15, 0.2) is 54.6 Å². The quantitative estimate of drug-likeness (QED) is 0.295. The van der Waals surface area contributed by atoms with E-state index in [-0.39, 0.29) is 49.9 Å². The number of likely N-dealkylation sites (tertiary alicyclic amines) is 1. The van der Waals surface area contributed by atoms with E-state index in [2.05, 4.69) is 5.32 Å². The molecule has 1 aromatic rings. The number of amides is 3. The van der Waals surface area contributed by atoms with Crippen LogP contribution in [-0.2, 0) is 28.7 Å². The predicted molar refractivity (Wildman–Crippen MR) is 158 cm³/mol. The van der Waals surface area contributed by atoms with Crippen molar-refractivity contribution in [3.63, 3.8) is 0 Å². The number of esters is 1. The summed E-state index contributed by atoms with van der Waals surface area (Å²) in [6.45, 7) is 6.44. The molecule has 5 rings (SSSR count). The smallest absolute Gasteiger partial charge is 0.306 e. The molecule has 0 aromatic heterocycles. The average Bonchev–Trinajstić information content (AvgIpc) is 3.61. The second kappa shape index (κ2) is 12.6. The highest BCUT2D eigenvalue weighted by Gasteiger charge is 2.73. The highest BCUT2D eigenvalue weighted by molar-refractivity contribution is 6.00. The molecule has 10 heteroatoms. The summed E-state index contributed by atoms with van der Waals surface area (Å²) in [4.78, 5) is 58.8. The third-order valence-corrected chi connectivity index (χ3v) is 8.94. The lowest BCUT2D eigenvalue weighted by molar-refractivity contribution is -0.150. The molecule has 0 unspecified atom stereocenters. The Bertz CT molecular complexity index is 1270. The molecular formula is C33H43N3O7. The zero-order valence-electron chi connectivity index (χ0n) is 25.2. The predicted octanol–water partition coefficient (Wildman–Crippen LogP) is 2.68. The van der Waals surface area contributed by atoms with E-state index in [1.54, 1.807) is 15.9 Å². The first-order valence-electron chi connectivity index (χ1n) is 15.3. The first-order chi connectivity index (χ1) is 20.6. The van der Waals surface area contributed by atoms with Gasteiger partial charge in [0.1, 0.15) is 18.2 Å². The molecule has 10 nitrogen and oxygen atoms in total. The van der Waals surface area contributed by atoms with Crippen LogP contribution in [-0.4, -0.2) is 88.2 Å². The summed E-state index contributed by atoms with van der Waals surface area (Å²) in [6.07, 6.45) is 9.21. The summed E-state index contributed by atoms with van der Waals surface area (Å²) in [5.74, 6) is -3.01. The summed E-state index contributed by atoms with van der Waals surface area (Å²) in [6, 6.07) is 7.72. The second-order valence-corrected chi connectivity index (χ2v) is 12.8. The molecule has 6 atom stereocenters. The van der Waals surface area contributed by atoms with Crippen LogP contribution in [0, 0.1) is 11.8 Å². The Kier molecular flexibility index (Phi) is 9.08. The molecule has 2 N–H and O–H groups in total. The topological polar surface area (TPSA) is 125 Å². The minimum atomic E-state index is -1.27. The minimum Gasteiger partial charge on any atom is -0.463 e. The number of benzene rings is 1. The molecule has 2 fully saturated rings. The number of hydrogen-bond acceptors (Lipinski definition) is 7. The van der Waals surface area contributed by atoms with Crippen LogP contribution in [0.4, 0.5) is 0 Å². The Morgan fingerprint density at radius 3 is 2.51 bits per heavy atom. The SMILES string of the molecule is CC(C)(C)N1C/C=C\CCC(=O)OC[C@H](c2ccccc2)NC(=O)[C@@H]2[C@H]3C(=O)N(CCCCCO)[C@H](C1=O)[C@]31C=C[C@H]2O1. The molecule has 4 heterocycles. The number of carbonyl (C=O) groups excluding carboxylic acids is 4. The van der Waals surface area contributed by atoms with Gasteiger partial charge in [0, 0.05) is 31.7 Å². The monoisotopic (exact) mass is 593 g/mol. The first kappa shape index (κ1) is 30.9. The molecule has 0 saturated carbocycles. The molecule has 1 spiro atoms. The summed E-state index contributed by atoms with van der Waals surface area (Å²) < 4.78 is 12.1. The number of nitrogens with one attached hydrogen (secondary N) is 1. The summed E-state index contributed by atoms with van der Waals surface area (Å²) >= 11 is 0. The van der Waals surface area contributed by atoms with Crippen molar-refractivity contribution in [2.45, 2.75) is 82.2 Å². The zero-order valence-corrected chi connectivity index (χ0v) is 25.2. The van der Waals surface area contributed by atoms with Gasteiger partial charge in [0.2, 0.25) is 17.7 Å². The van der Waals surface area contributed by atoms with Gasteiger partial charge in [-0.25, -0.2) is 0 Å². The van der Waals surface area contributed by atoms with Gasteiger partial charge < -0.3 is 29.7 Å². The van der Waals surface area contributed by atoms with Crippen molar-refractivity contribution in [1.29, 1.82) is 0 Å². The van der Waals surface area contributed by atoms with Crippen molar-refractivity contribution in [3.05, 3.63) is 60.2 Å². The lowest BCUT2D eigenvalue weighted by Gasteiger charge is -2.41. The van der Waals surface area contributed by atoms with Gasteiger partial charge in [-0.3, -0.25) is 19.2 Å². The van der Waals surface area contributed by atoms with Crippen LogP contribution in [0.25, 0.3) is 0 Å². The van der Waals surface area contributed by atoms with Gasteiger partial charge in [-0.15, -0.1) is 0 Å². The molecular weight excluding hydrogens is 550 g/mol. The van der Waals surface area contributed by atoms with E-state index < -0.39 is 41.2 Å². The molecule has 1 aromatic carbocycles. The molecule has 43 heavy (non-hydrogen) atoms. The number of carbonyl (C=O) groups is 4. The maximum Gasteiger partial charge on any atom is 0.306 e. The number of aliphatic hydroxyl groups excluding tert-OH is 1. The fourth-order valence-corrected chi connectivity index (χ4v) is 6.82. The van der Waals surface area contributed by atoms with E-state index in [9.17, 15) is 24.3 Å². The van der Waals surface area contributed by atoms with Crippen LogP contribution in [0.1, 0.15) is 64.5 Å². The number of hydrogen-bond donors (Lipinski definition) is 2. The number of cyclic esters (lactones) is 1. The Hall–Kier alpha value is -3.50. The highest BCUT2D eigenvalue weighted by Crippen LogP contribution is 2.55. The summed E-state index contributed by atoms with van der Waals surface area (Å²) in [5.41, 5.74) is -1.08. The van der Waals surface area contributed by atoms with Crippen molar-refractivity contribution in [2.24, 2.45) is 11.8 Å². The fourth-order valence-electron chi connectivity index (χ4n) is 6.82. The third kappa shape index (κ3) is 5.99. The minimum absolute atomic E-state index is 0.0496.